The van der Waals surface area contributed by atoms with Gasteiger partial charge in [-0.05, 0) is 37.4 Å². The highest BCUT2D eigenvalue weighted by atomic mass is 32.1. The minimum Gasteiger partial charge on any atom is -0.440 e. The lowest BCUT2D eigenvalue weighted by molar-refractivity contribution is 0.207. The Labute approximate surface area is 124 Å². The summed E-state index contributed by atoms with van der Waals surface area (Å²) in [5.41, 5.74) is 6.90. The van der Waals surface area contributed by atoms with Crippen LogP contribution in [-0.4, -0.2) is 30.0 Å². The van der Waals surface area contributed by atoms with Gasteiger partial charge in [-0.2, -0.15) is 0 Å². The topological polar surface area (TPSA) is 55.3 Å². The number of rotatable bonds is 6. The summed E-state index contributed by atoms with van der Waals surface area (Å²) in [5.74, 6) is 1.62. The summed E-state index contributed by atoms with van der Waals surface area (Å²) in [6.07, 6.45) is 0. The monoisotopic (exact) mass is 293 g/mol. The van der Waals surface area contributed by atoms with E-state index in [0.29, 0.717) is 6.54 Å². The summed E-state index contributed by atoms with van der Waals surface area (Å²) >= 11 is 1.64. The summed E-state index contributed by atoms with van der Waals surface area (Å²) in [6.45, 7) is 8.72. The van der Waals surface area contributed by atoms with Crippen LogP contribution in [0.2, 0.25) is 0 Å². The van der Waals surface area contributed by atoms with Crippen molar-refractivity contribution in [3.05, 3.63) is 29.0 Å². The van der Waals surface area contributed by atoms with Crippen molar-refractivity contribution in [2.75, 3.05) is 20.1 Å². The Morgan fingerprint density at radius 3 is 2.80 bits per heavy atom. The van der Waals surface area contributed by atoms with E-state index < -0.39 is 0 Å². The van der Waals surface area contributed by atoms with Crippen molar-refractivity contribution in [3.8, 4) is 10.8 Å². The minimum atomic E-state index is 0.114. The molecule has 2 aromatic rings. The minimum absolute atomic E-state index is 0.114. The van der Waals surface area contributed by atoms with Crippen LogP contribution in [0, 0.1) is 12.3 Å². The molecule has 110 valence electrons. The third-order valence-corrected chi connectivity index (χ3v) is 4.15. The molecule has 5 heteroatoms. The van der Waals surface area contributed by atoms with E-state index in [0.717, 1.165) is 35.3 Å². The second-order valence-electron chi connectivity index (χ2n) is 6.04. The smallest absolute Gasteiger partial charge is 0.236 e. The van der Waals surface area contributed by atoms with Crippen LogP contribution < -0.4 is 5.73 Å². The van der Waals surface area contributed by atoms with Gasteiger partial charge in [-0.1, -0.05) is 19.9 Å². The first-order chi connectivity index (χ1) is 9.41. The number of nitrogens with two attached hydrogens (primary N) is 1. The number of aryl methyl sites for hydroxylation is 1. The predicted molar refractivity (Wildman–Crippen MR) is 83.7 cm³/mol. The van der Waals surface area contributed by atoms with E-state index >= 15 is 0 Å². The van der Waals surface area contributed by atoms with Crippen molar-refractivity contribution in [3.63, 3.8) is 0 Å². The fourth-order valence-electron chi connectivity index (χ4n) is 2.19. The molecule has 0 aromatic carbocycles. The van der Waals surface area contributed by atoms with Crippen LogP contribution in [0.3, 0.4) is 0 Å². The molecule has 0 bridgehead atoms. The molecular formula is C15H23N3OS. The summed E-state index contributed by atoms with van der Waals surface area (Å²) < 4.78 is 5.76. The molecule has 0 radical (unpaired) electrons. The van der Waals surface area contributed by atoms with Crippen LogP contribution in [0.1, 0.15) is 25.3 Å². The van der Waals surface area contributed by atoms with E-state index in [1.807, 2.05) is 24.4 Å². The van der Waals surface area contributed by atoms with Crippen LogP contribution in [0.4, 0.5) is 0 Å². The predicted octanol–water partition coefficient (Wildman–Crippen LogP) is 3.13. The van der Waals surface area contributed by atoms with E-state index in [1.165, 1.54) is 0 Å². The quantitative estimate of drug-likeness (QED) is 0.889. The largest absolute Gasteiger partial charge is 0.440 e. The SMILES string of the molecule is Cc1oc(-c2cccs2)nc1CN(C)CC(C)(C)CN. The van der Waals surface area contributed by atoms with Gasteiger partial charge in [0.05, 0.1) is 10.6 Å². The van der Waals surface area contributed by atoms with Crippen molar-refractivity contribution < 1.29 is 4.42 Å². The van der Waals surface area contributed by atoms with Gasteiger partial charge in [0.1, 0.15) is 5.76 Å². The Kier molecular flexibility index (Phi) is 4.62. The highest BCUT2D eigenvalue weighted by molar-refractivity contribution is 7.13. The lowest BCUT2D eigenvalue weighted by Crippen LogP contribution is -2.36. The zero-order valence-corrected chi connectivity index (χ0v) is 13.5. The molecule has 0 amide bonds. The molecule has 0 unspecified atom stereocenters. The fourth-order valence-corrected chi connectivity index (χ4v) is 2.84. The molecule has 2 N–H and O–H groups in total. The average molecular weight is 293 g/mol. The first-order valence-electron chi connectivity index (χ1n) is 6.80. The zero-order valence-electron chi connectivity index (χ0n) is 12.6. The molecule has 0 spiro atoms. The Morgan fingerprint density at radius 1 is 1.45 bits per heavy atom. The molecule has 2 aromatic heterocycles. The standard InChI is InChI=1S/C15H23N3OS/c1-11-12(8-18(4)10-15(2,3)9-16)17-14(19-11)13-6-5-7-20-13/h5-7H,8-10,16H2,1-4H3. The van der Waals surface area contributed by atoms with Gasteiger partial charge >= 0.3 is 0 Å². The van der Waals surface area contributed by atoms with E-state index in [-0.39, 0.29) is 5.41 Å². The number of thiophene rings is 1. The number of hydrogen-bond donors (Lipinski definition) is 1. The number of aromatic nitrogens is 1. The molecule has 0 atom stereocenters. The first-order valence-corrected chi connectivity index (χ1v) is 7.68. The maximum atomic E-state index is 5.79. The Hall–Kier alpha value is -1.17. The average Bonchev–Trinajstić information content (AvgIpc) is 2.99. The van der Waals surface area contributed by atoms with Gasteiger partial charge < -0.3 is 10.2 Å². The molecule has 20 heavy (non-hydrogen) atoms. The van der Waals surface area contributed by atoms with Crippen molar-refractivity contribution in [2.45, 2.75) is 27.3 Å². The lowest BCUT2D eigenvalue weighted by Gasteiger charge is -2.28. The summed E-state index contributed by atoms with van der Waals surface area (Å²) in [4.78, 5) is 7.94. The van der Waals surface area contributed by atoms with Gasteiger partial charge in [0.15, 0.2) is 0 Å². The molecule has 0 aliphatic rings. The van der Waals surface area contributed by atoms with E-state index in [1.54, 1.807) is 11.3 Å². The van der Waals surface area contributed by atoms with Gasteiger partial charge in [0, 0.05) is 13.1 Å². The normalized spacial score (nSPS) is 12.3. The molecule has 0 aliphatic heterocycles. The highest BCUT2D eigenvalue weighted by Gasteiger charge is 2.20. The van der Waals surface area contributed by atoms with Crippen LogP contribution in [-0.2, 0) is 6.54 Å². The van der Waals surface area contributed by atoms with Gasteiger partial charge in [-0.3, -0.25) is 4.90 Å². The maximum Gasteiger partial charge on any atom is 0.236 e. The van der Waals surface area contributed by atoms with Gasteiger partial charge in [0.2, 0.25) is 5.89 Å². The Balaban J connectivity index is 2.07. The van der Waals surface area contributed by atoms with Crippen LogP contribution >= 0.6 is 11.3 Å². The Bertz CT molecular complexity index is 545. The number of oxazole rings is 1. The van der Waals surface area contributed by atoms with E-state index in [9.17, 15) is 0 Å². The van der Waals surface area contributed by atoms with Crippen LogP contribution in [0.25, 0.3) is 10.8 Å². The van der Waals surface area contributed by atoms with Crippen LogP contribution in [0.5, 0.6) is 0 Å². The molecule has 0 fully saturated rings. The number of hydrogen-bond acceptors (Lipinski definition) is 5. The highest BCUT2D eigenvalue weighted by Crippen LogP contribution is 2.26. The molecular weight excluding hydrogens is 270 g/mol. The van der Waals surface area contributed by atoms with Gasteiger partial charge in [0.25, 0.3) is 0 Å². The number of nitrogens with zero attached hydrogens (tertiary/aromatic N) is 2. The van der Waals surface area contributed by atoms with E-state index in [2.05, 4.69) is 30.8 Å². The third-order valence-electron chi connectivity index (χ3n) is 3.29. The molecule has 0 aliphatic carbocycles. The van der Waals surface area contributed by atoms with Crippen molar-refractivity contribution in [2.24, 2.45) is 11.1 Å². The van der Waals surface area contributed by atoms with Crippen molar-refractivity contribution >= 4 is 11.3 Å². The lowest BCUT2D eigenvalue weighted by atomic mass is 9.93. The summed E-state index contributed by atoms with van der Waals surface area (Å²) in [5, 5.41) is 2.03. The van der Waals surface area contributed by atoms with Crippen molar-refractivity contribution in [1.82, 2.24) is 9.88 Å². The van der Waals surface area contributed by atoms with E-state index in [4.69, 9.17) is 10.2 Å². The van der Waals surface area contributed by atoms with Gasteiger partial charge in [-0.25, -0.2) is 4.98 Å². The molecule has 0 saturated heterocycles. The zero-order chi connectivity index (χ0) is 14.8. The second-order valence-corrected chi connectivity index (χ2v) is 6.99. The second kappa shape index (κ2) is 6.08. The fraction of sp³-hybridized carbons (Fsp3) is 0.533. The molecule has 0 saturated carbocycles. The summed E-state index contributed by atoms with van der Waals surface area (Å²) in [6, 6.07) is 4.04. The van der Waals surface area contributed by atoms with Crippen molar-refractivity contribution in [1.29, 1.82) is 0 Å². The van der Waals surface area contributed by atoms with Crippen LogP contribution in [0.15, 0.2) is 21.9 Å². The Morgan fingerprint density at radius 2 is 2.20 bits per heavy atom. The molecule has 2 heterocycles. The van der Waals surface area contributed by atoms with Gasteiger partial charge in [-0.15, -0.1) is 11.3 Å². The third kappa shape index (κ3) is 3.69. The first kappa shape index (κ1) is 15.2. The maximum absolute atomic E-state index is 5.79. The molecule has 2 rings (SSSR count). The molecule has 4 nitrogen and oxygen atoms in total. The summed E-state index contributed by atoms with van der Waals surface area (Å²) in [7, 11) is 2.09.